The Bertz CT molecular complexity index is 394. The highest BCUT2D eigenvalue weighted by molar-refractivity contribution is 5.25. The molecular weight excluding hydrogens is 248 g/mol. The molecule has 1 aliphatic heterocycles. The van der Waals surface area contributed by atoms with Gasteiger partial charge in [-0.3, -0.25) is 5.43 Å². The van der Waals surface area contributed by atoms with Crippen molar-refractivity contribution in [1.82, 2.24) is 19.9 Å². The minimum Gasteiger partial charge on any atom is -0.467 e. The Morgan fingerprint density at radius 3 is 2.79 bits per heavy atom. The van der Waals surface area contributed by atoms with Gasteiger partial charge < -0.3 is 14.4 Å². The molecule has 1 aromatic rings. The number of hydrogen-bond acceptors (Lipinski definition) is 8. The number of nitrogens with zero attached hydrogens (tertiary/aromatic N) is 4. The summed E-state index contributed by atoms with van der Waals surface area (Å²) in [5.41, 5.74) is 2.36. The molecule has 2 rings (SSSR count). The molecule has 0 bridgehead atoms. The van der Waals surface area contributed by atoms with Crippen LogP contribution in [0.4, 0.5) is 5.95 Å². The molecule has 1 atom stereocenters. The van der Waals surface area contributed by atoms with Crippen molar-refractivity contribution in [3.8, 4) is 12.0 Å². The van der Waals surface area contributed by atoms with Crippen LogP contribution in [0.2, 0.25) is 0 Å². The first-order chi connectivity index (χ1) is 9.22. The lowest BCUT2D eigenvalue weighted by molar-refractivity contribution is 0.119. The first-order valence-electron chi connectivity index (χ1n) is 6.32. The Morgan fingerprint density at radius 2 is 2.11 bits per heavy atom. The minimum absolute atomic E-state index is 0.176. The highest BCUT2D eigenvalue weighted by Crippen LogP contribution is 2.17. The van der Waals surface area contributed by atoms with Crippen LogP contribution in [-0.4, -0.2) is 53.2 Å². The molecule has 8 nitrogen and oxygen atoms in total. The molecule has 2 heterocycles. The quantitative estimate of drug-likeness (QED) is 0.570. The summed E-state index contributed by atoms with van der Waals surface area (Å²) in [6.07, 6.45) is 3.60. The monoisotopic (exact) mass is 268 g/mol. The van der Waals surface area contributed by atoms with E-state index in [1.165, 1.54) is 20.0 Å². The van der Waals surface area contributed by atoms with Crippen molar-refractivity contribution in [3.63, 3.8) is 0 Å². The van der Waals surface area contributed by atoms with Crippen LogP contribution in [-0.2, 0) is 0 Å². The Labute approximate surface area is 112 Å². The average molecular weight is 268 g/mol. The van der Waals surface area contributed by atoms with Gasteiger partial charge in [0.25, 0.3) is 0 Å². The molecule has 106 valence electrons. The highest BCUT2D eigenvalue weighted by atomic mass is 16.5. The maximum atomic E-state index is 5.62. The second kappa shape index (κ2) is 6.48. The molecule has 0 spiro atoms. The van der Waals surface area contributed by atoms with Crippen LogP contribution in [0.15, 0.2) is 0 Å². The number of nitrogen functional groups attached to an aromatic ring is 1. The number of piperidine rings is 1. The number of nitrogens with one attached hydrogen (secondary N) is 1. The van der Waals surface area contributed by atoms with Crippen LogP contribution in [0, 0.1) is 0 Å². The number of ether oxygens (including phenoxy) is 2. The molecule has 0 aliphatic carbocycles. The van der Waals surface area contributed by atoms with Gasteiger partial charge in [-0.2, -0.15) is 9.97 Å². The molecule has 1 fully saturated rings. The standard InChI is InChI=1S/C11H20N6O2/c1-17-6-4-3-5-8(17)7-19-11-14-9(16-12)13-10(15-11)18-2/h8H,3-7,12H2,1-2H3,(H,13,14,15,16). The largest absolute Gasteiger partial charge is 0.467 e. The van der Waals surface area contributed by atoms with Crippen LogP contribution < -0.4 is 20.7 Å². The average Bonchev–Trinajstić information content (AvgIpc) is 2.46. The maximum Gasteiger partial charge on any atom is 0.324 e. The van der Waals surface area contributed by atoms with E-state index in [-0.39, 0.29) is 18.0 Å². The van der Waals surface area contributed by atoms with Crippen LogP contribution in [0.25, 0.3) is 0 Å². The summed E-state index contributed by atoms with van der Waals surface area (Å²) in [6, 6.07) is 0.791. The molecule has 0 radical (unpaired) electrons. The van der Waals surface area contributed by atoms with E-state index in [0.717, 1.165) is 13.0 Å². The number of hydrazine groups is 1. The zero-order valence-electron chi connectivity index (χ0n) is 11.3. The second-order valence-electron chi connectivity index (χ2n) is 4.51. The molecule has 3 N–H and O–H groups in total. The van der Waals surface area contributed by atoms with E-state index in [2.05, 4.69) is 32.3 Å². The number of hydrogen-bond donors (Lipinski definition) is 2. The third-order valence-electron chi connectivity index (χ3n) is 3.23. The van der Waals surface area contributed by atoms with E-state index in [4.69, 9.17) is 15.3 Å². The fraction of sp³-hybridized carbons (Fsp3) is 0.727. The van der Waals surface area contributed by atoms with Crippen molar-refractivity contribution in [2.75, 3.05) is 32.7 Å². The number of methoxy groups -OCH3 is 1. The van der Waals surface area contributed by atoms with Crippen molar-refractivity contribution in [2.24, 2.45) is 5.84 Å². The number of likely N-dealkylation sites (tertiary alicyclic amines) is 1. The summed E-state index contributed by atoms with van der Waals surface area (Å²) < 4.78 is 10.6. The number of rotatable bonds is 5. The van der Waals surface area contributed by atoms with Gasteiger partial charge >= 0.3 is 12.0 Å². The molecule has 1 unspecified atom stereocenters. The van der Waals surface area contributed by atoms with Crippen molar-refractivity contribution in [3.05, 3.63) is 0 Å². The number of aromatic nitrogens is 3. The molecule has 19 heavy (non-hydrogen) atoms. The van der Waals surface area contributed by atoms with Gasteiger partial charge in [-0.25, -0.2) is 5.84 Å². The maximum absolute atomic E-state index is 5.62. The highest BCUT2D eigenvalue weighted by Gasteiger charge is 2.20. The molecule has 0 saturated carbocycles. The van der Waals surface area contributed by atoms with Crippen LogP contribution >= 0.6 is 0 Å². The normalized spacial score (nSPS) is 20.1. The van der Waals surface area contributed by atoms with E-state index >= 15 is 0 Å². The van der Waals surface area contributed by atoms with Gasteiger partial charge in [-0.1, -0.05) is 6.42 Å². The number of anilines is 1. The summed E-state index contributed by atoms with van der Waals surface area (Å²) in [7, 11) is 3.59. The zero-order chi connectivity index (χ0) is 13.7. The van der Waals surface area contributed by atoms with Gasteiger partial charge in [-0.15, -0.1) is 4.98 Å². The summed E-state index contributed by atoms with van der Waals surface area (Å²) >= 11 is 0. The molecule has 0 aromatic carbocycles. The van der Waals surface area contributed by atoms with E-state index in [9.17, 15) is 0 Å². The summed E-state index contributed by atoms with van der Waals surface area (Å²) in [5, 5.41) is 0. The van der Waals surface area contributed by atoms with Crippen LogP contribution in [0.1, 0.15) is 19.3 Å². The molecule has 0 amide bonds. The fourth-order valence-corrected chi connectivity index (χ4v) is 2.08. The summed E-state index contributed by atoms with van der Waals surface area (Å²) in [5.74, 6) is 5.50. The second-order valence-corrected chi connectivity index (χ2v) is 4.51. The van der Waals surface area contributed by atoms with E-state index in [0.29, 0.717) is 12.6 Å². The van der Waals surface area contributed by atoms with Crippen molar-refractivity contribution < 1.29 is 9.47 Å². The SMILES string of the molecule is COc1nc(NN)nc(OCC2CCCCN2C)n1. The Hall–Kier alpha value is -1.67. The van der Waals surface area contributed by atoms with Gasteiger partial charge in [-0.05, 0) is 26.4 Å². The Kier molecular flexibility index (Phi) is 4.69. The summed E-state index contributed by atoms with van der Waals surface area (Å²) in [4.78, 5) is 14.3. The Balaban J connectivity index is 1.98. The lowest BCUT2D eigenvalue weighted by atomic mass is 10.0. The lowest BCUT2D eigenvalue weighted by Crippen LogP contribution is -2.40. The third kappa shape index (κ3) is 3.65. The van der Waals surface area contributed by atoms with Crippen molar-refractivity contribution in [1.29, 1.82) is 0 Å². The van der Waals surface area contributed by atoms with Crippen LogP contribution in [0.3, 0.4) is 0 Å². The van der Waals surface area contributed by atoms with E-state index in [1.807, 2.05) is 0 Å². The molecule has 8 heteroatoms. The van der Waals surface area contributed by atoms with Gasteiger partial charge in [0.1, 0.15) is 6.61 Å². The number of nitrogens with two attached hydrogens (primary N) is 1. The van der Waals surface area contributed by atoms with Gasteiger partial charge in [0, 0.05) is 6.04 Å². The lowest BCUT2D eigenvalue weighted by Gasteiger charge is -2.31. The smallest absolute Gasteiger partial charge is 0.324 e. The van der Waals surface area contributed by atoms with Gasteiger partial charge in [0.2, 0.25) is 5.95 Å². The topological polar surface area (TPSA) is 98.4 Å². The van der Waals surface area contributed by atoms with Gasteiger partial charge in [0.15, 0.2) is 0 Å². The molecule has 1 aliphatic rings. The third-order valence-corrected chi connectivity index (χ3v) is 3.23. The van der Waals surface area contributed by atoms with E-state index in [1.54, 1.807) is 0 Å². The molecule has 1 aromatic heterocycles. The van der Waals surface area contributed by atoms with Crippen molar-refractivity contribution >= 4 is 5.95 Å². The van der Waals surface area contributed by atoms with Gasteiger partial charge in [0.05, 0.1) is 7.11 Å². The zero-order valence-corrected chi connectivity index (χ0v) is 11.3. The van der Waals surface area contributed by atoms with E-state index < -0.39 is 0 Å². The first kappa shape index (κ1) is 13.8. The first-order valence-corrected chi connectivity index (χ1v) is 6.32. The fourth-order valence-electron chi connectivity index (χ4n) is 2.08. The number of likely N-dealkylation sites (N-methyl/N-ethyl adjacent to an activating group) is 1. The van der Waals surface area contributed by atoms with Crippen molar-refractivity contribution in [2.45, 2.75) is 25.3 Å². The predicted octanol–water partition coefficient (Wildman–Crippen LogP) is 0.0289. The summed E-state index contributed by atoms with van der Waals surface area (Å²) in [6.45, 7) is 1.65. The Morgan fingerprint density at radius 1 is 1.32 bits per heavy atom. The van der Waals surface area contributed by atoms with Crippen LogP contribution in [0.5, 0.6) is 12.0 Å². The molecular formula is C11H20N6O2. The minimum atomic E-state index is 0.176. The molecule has 1 saturated heterocycles. The predicted molar refractivity (Wildman–Crippen MR) is 70.0 cm³/mol.